The summed E-state index contributed by atoms with van der Waals surface area (Å²) < 4.78 is 36.5. The molecule has 0 aliphatic heterocycles. The van der Waals surface area contributed by atoms with E-state index < -0.39 is 18.6 Å². The van der Waals surface area contributed by atoms with Crippen LogP contribution in [0, 0.1) is 0 Å². The average molecular weight is 254 g/mol. The van der Waals surface area contributed by atoms with Crippen LogP contribution < -0.4 is 5.32 Å². The average Bonchev–Trinajstić information content (AvgIpc) is 2.10. The minimum atomic E-state index is -4.33. The second-order valence-corrected chi connectivity index (χ2v) is 4.95. The summed E-state index contributed by atoms with van der Waals surface area (Å²) >= 11 is 0. The Labute approximate surface area is 100 Å². The second-order valence-electron chi connectivity index (χ2n) is 4.95. The van der Waals surface area contributed by atoms with Crippen molar-refractivity contribution in [3.8, 4) is 0 Å². The lowest BCUT2D eigenvalue weighted by molar-refractivity contribution is -0.160. The van der Waals surface area contributed by atoms with Crippen LogP contribution in [-0.2, 0) is 4.79 Å². The Hall–Kier alpha value is -0.780. The first-order chi connectivity index (χ1) is 7.55. The summed E-state index contributed by atoms with van der Waals surface area (Å²) in [6, 6.07) is 0. The highest BCUT2D eigenvalue weighted by Gasteiger charge is 2.32. The van der Waals surface area contributed by atoms with Crippen molar-refractivity contribution in [1.82, 2.24) is 10.2 Å². The Morgan fingerprint density at radius 1 is 1.24 bits per heavy atom. The fourth-order valence-electron chi connectivity index (χ4n) is 1.30. The van der Waals surface area contributed by atoms with E-state index in [2.05, 4.69) is 5.32 Å². The summed E-state index contributed by atoms with van der Waals surface area (Å²) in [5, 5.41) is 3.07. The summed E-state index contributed by atoms with van der Waals surface area (Å²) in [6.45, 7) is 6.64. The van der Waals surface area contributed by atoms with Crippen LogP contribution in [0.25, 0.3) is 0 Å². The fourth-order valence-corrected chi connectivity index (χ4v) is 1.30. The smallest absolute Gasteiger partial charge is 0.334 e. The second kappa shape index (κ2) is 6.23. The van der Waals surface area contributed by atoms with Gasteiger partial charge in [0.25, 0.3) is 0 Å². The van der Waals surface area contributed by atoms with Crippen LogP contribution >= 0.6 is 0 Å². The predicted molar refractivity (Wildman–Crippen MR) is 60.7 cm³/mol. The third-order valence-corrected chi connectivity index (χ3v) is 2.10. The van der Waals surface area contributed by atoms with Crippen molar-refractivity contribution in [1.29, 1.82) is 0 Å². The standard InChI is InChI=1S/C11H21F3N2O/c1-5-16(8-11(12,13)14)9(17)6-7-15-10(2,3)4/h15H,5-8H2,1-4H3. The van der Waals surface area contributed by atoms with Crippen LogP contribution in [0.1, 0.15) is 34.1 Å². The summed E-state index contributed by atoms with van der Waals surface area (Å²) in [5.41, 5.74) is -0.138. The van der Waals surface area contributed by atoms with Gasteiger partial charge in [0, 0.05) is 25.0 Å². The molecular weight excluding hydrogens is 233 g/mol. The van der Waals surface area contributed by atoms with Gasteiger partial charge in [0.1, 0.15) is 6.54 Å². The van der Waals surface area contributed by atoms with Crippen molar-refractivity contribution in [3.63, 3.8) is 0 Å². The molecule has 0 rings (SSSR count). The molecule has 17 heavy (non-hydrogen) atoms. The van der Waals surface area contributed by atoms with Gasteiger partial charge in [-0.1, -0.05) is 0 Å². The van der Waals surface area contributed by atoms with Gasteiger partial charge in [0.2, 0.25) is 5.91 Å². The monoisotopic (exact) mass is 254 g/mol. The first-order valence-electron chi connectivity index (χ1n) is 5.64. The van der Waals surface area contributed by atoms with E-state index in [0.29, 0.717) is 6.54 Å². The van der Waals surface area contributed by atoms with E-state index in [1.54, 1.807) is 6.92 Å². The highest BCUT2D eigenvalue weighted by Crippen LogP contribution is 2.16. The molecule has 102 valence electrons. The molecule has 0 unspecified atom stereocenters. The van der Waals surface area contributed by atoms with E-state index >= 15 is 0 Å². The molecule has 3 nitrogen and oxygen atoms in total. The van der Waals surface area contributed by atoms with Crippen LogP contribution in [0.3, 0.4) is 0 Å². The topological polar surface area (TPSA) is 32.3 Å². The Morgan fingerprint density at radius 2 is 1.76 bits per heavy atom. The van der Waals surface area contributed by atoms with Crippen molar-refractivity contribution in [2.45, 2.75) is 45.8 Å². The third-order valence-electron chi connectivity index (χ3n) is 2.10. The van der Waals surface area contributed by atoms with E-state index in [9.17, 15) is 18.0 Å². The first-order valence-corrected chi connectivity index (χ1v) is 5.64. The quantitative estimate of drug-likeness (QED) is 0.815. The zero-order valence-corrected chi connectivity index (χ0v) is 10.8. The molecule has 0 bridgehead atoms. The Morgan fingerprint density at radius 3 is 2.12 bits per heavy atom. The molecule has 1 amide bonds. The van der Waals surface area contributed by atoms with Gasteiger partial charge in [-0.3, -0.25) is 4.79 Å². The maximum Gasteiger partial charge on any atom is 0.406 e. The van der Waals surface area contributed by atoms with Crippen molar-refractivity contribution in [3.05, 3.63) is 0 Å². The molecule has 0 saturated carbocycles. The summed E-state index contributed by atoms with van der Waals surface area (Å²) in [7, 11) is 0. The van der Waals surface area contributed by atoms with Crippen molar-refractivity contribution < 1.29 is 18.0 Å². The predicted octanol–water partition coefficient (Wildman–Crippen LogP) is 2.18. The van der Waals surface area contributed by atoms with Crippen LogP contribution in [-0.4, -0.2) is 42.2 Å². The molecule has 0 atom stereocenters. The first kappa shape index (κ1) is 16.2. The number of rotatable bonds is 5. The number of halogens is 3. The molecule has 0 radical (unpaired) electrons. The molecular formula is C11H21F3N2O. The Balaban J connectivity index is 4.10. The summed E-state index contributed by atoms with van der Waals surface area (Å²) in [5.74, 6) is -0.471. The van der Waals surface area contributed by atoms with Gasteiger partial charge >= 0.3 is 6.18 Å². The minimum Gasteiger partial charge on any atom is -0.334 e. The Bertz CT molecular complexity index is 246. The minimum absolute atomic E-state index is 0.0772. The van der Waals surface area contributed by atoms with Crippen LogP contribution in [0.4, 0.5) is 13.2 Å². The van der Waals surface area contributed by atoms with Gasteiger partial charge < -0.3 is 10.2 Å². The molecule has 0 aliphatic carbocycles. The lowest BCUT2D eigenvalue weighted by Crippen LogP contribution is -2.42. The van der Waals surface area contributed by atoms with E-state index in [1.165, 1.54) is 0 Å². The normalized spacial score (nSPS) is 12.6. The molecule has 0 aromatic rings. The largest absolute Gasteiger partial charge is 0.406 e. The number of alkyl halides is 3. The van der Waals surface area contributed by atoms with E-state index in [1.807, 2.05) is 20.8 Å². The molecule has 0 saturated heterocycles. The molecule has 6 heteroatoms. The van der Waals surface area contributed by atoms with Gasteiger partial charge in [0.15, 0.2) is 0 Å². The van der Waals surface area contributed by atoms with Gasteiger partial charge in [0.05, 0.1) is 0 Å². The van der Waals surface area contributed by atoms with E-state index in [0.717, 1.165) is 4.90 Å². The molecule has 0 fully saturated rings. The fraction of sp³-hybridized carbons (Fsp3) is 0.909. The van der Waals surface area contributed by atoms with Gasteiger partial charge in [-0.15, -0.1) is 0 Å². The maximum absolute atomic E-state index is 12.2. The van der Waals surface area contributed by atoms with Gasteiger partial charge in [-0.2, -0.15) is 13.2 Å². The van der Waals surface area contributed by atoms with Gasteiger partial charge in [-0.25, -0.2) is 0 Å². The van der Waals surface area contributed by atoms with Crippen LogP contribution in [0.5, 0.6) is 0 Å². The number of carbonyl (C=O) groups is 1. The molecule has 1 N–H and O–H groups in total. The molecule has 0 heterocycles. The third kappa shape index (κ3) is 8.97. The lowest BCUT2D eigenvalue weighted by Gasteiger charge is -2.24. The number of nitrogens with one attached hydrogen (secondary N) is 1. The van der Waals surface area contributed by atoms with E-state index in [4.69, 9.17) is 0 Å². The van der Waals surface area contributed by atoms with Crippen molar-refractivity contribution >= 4 is 5.91 Å². The molecule has 0 aliphatic rings. The van der Waals surface area contributed by atoms with Crippen molar-refractivity contribution in [2.75, 3.05) is 19.6 Å². The maximum atomic E-state index is 12.2. The summed E-state index contributed by atoms with van der Waals surface area (Å²) in [4.78, 5) is 12.3. The highest BCUT2D eigenvalue weighted by atomic mass is 19.4. The number of hydrogen-bond acceptors (Lipinski definition) is 2. The molecule has 0 spiro atoms. The van der Waals surface area contributed by atoms with E-state index in [-0.39, 0.29) is 18.5 Å². The van der Waals surface area contributed by atoms with Crippen molar-refractivity contribution in [2.24, 2.45) is 0 Å². The summed E-state index contributed by atoms with van der Waals surface area (Å²) in [6.07, 6.45) is -4.25. The van der Waals surface area contributed by atoms with Gasteiger partial charge in [-0.05, 0) is 27.7 Å². The zero-order chi connectivity index (χ0) is 13.7. The highest BCUT2D eigenvalue weighted by molar-refractivity contribution is 5.76. The number of amides is 1. The van der Waals surface area contributed by atoms with Crippen LogP contribution in [0.15, 0.2) is 0 Å². The SMILES string of the molecule is CCN(CC(F)(F)F)C(=O)CCNC(C)(C)C. The number of carbonyl (C=O) groups excluding carboxylic acids is 1. The molecule has 0 aromatic heterocycles. The Kier molecular flexibility index (Phi) is 5.95. The number of hydrogen-bond donors (Lipinski definition) is 1. The lowest BCUT2D eigenvalue weighted by atomic mass is 10.1. The number of nitrogens with zero attached hydrogens (tertiary/aromatic N) is 1. The van der Waals surface area contributed by atoms with Crippen LogP contribution in [0.2, 0.25) is 0 Å². The molecule has 0 aromatic carbocycles. The zero-order valence-electron chi connectivity index (χ0n) is 10.8.